The summed E-state index contributed by atoms with van der Waals surface area (Å²) in [4.78, 5) is 3.18. The molecule has 0 unspecified atom stereocenters. The number of benzene rings is 2. The van der Waals surface area contributed by atoms with E-state index in [1.54, 1.807) is 0 Å². The number of nitrogens with two attached hydrogens (primary N) is 1. The Morgan fingerprint density at radius 1 is 1.15 bits per heavy atom. The monoisotopic (exact) mass is 259 g/mol. The highest BCUT2D eigenvalue weighted by atomic mass is 14.7. The number of hydrogen-bond acceptors (Lipinski definition) is 2. The van der Waals surface area contributed by atoms with Crippen LogP contribution in [-0.4, -0.2) is 4.98 Å². The van der Waals surface area contributed by atoms with Crippen molar-refractivity contribution in [1.82, 2.24) is 4.98 Å². The molecular weight excluding hydrogens is 246 g/mol. The van der Waals surface area contributed by atoms with Crippen molar-refractivity contribution in [3.05, 3.63) is 65.9 Å². The fourth-order valence-corrected chi connectivity index (χ4v) is 2.28. The zero-order valence-corrected chi connectivity index (χ0v) is 10.8. The first-order chi connectivity index (χ1) is 9.78. The van der Waals surface area contributed by atoms with Gasteiger partial charge in [-0.3, -0.25) is 0 Å². The number of aromatic amines is 1. The molecule has 1 aromatic heterocycles. The normalized spacial score (nSPS) is 11.4. The Balaban J connectivity index is 2.13. The smallest absolute Gasteiger partial charge is 0.0998 e. The molecule has 0 spiro atoms. The fraction of sp³-hybridized carbons (Fsp3) is 0. The number of nitrogens with one attached hydrogen (secondary N) is 1. The van der Waals surface area contributed by atoms with Crippen LogP contribution in [0.25, 0.3) is 22.6 Å². The summed E-state index contributed by atoms with van der Waals surface area (Å²) >= 11 is 0. The molecule has 3 rings (SSSR count). The Morgan fingerprint density at radius 3 is 2.80 bits per heavy atom. The number of aromatic nitrogens is 1. The molecule has 0 aliphatic heterocycles. The van der Waals surface area contributed by atoms with Crippen molar-refractivity contribution in [2.45, 2.75) is 0 Å². The number of nitrogens with zero attached hydrogens (tertiary/aromatic N) is 1. The number of nitrogen functional groups attached to an aromatic ring is 1. The van der Waals surface area contributed by atoms with Gasteiger partial charge < -0.3 is 10.7 Å². The van der Waals surface area contributed by atoms with E-state index in [-0.39, 0.29) is 0 Å². The van der Waals surface area contributed by atoms with Gasteiger partial charge in [0.2, 0.25) is 0 Å². The number of H-pyrrole nitrogens is 1. The highest BCUT2D eigenvalue weighted by Gasteiger charge is 2.07. The zero-order valence-electron chi connectivity index (χ0n) is 10.8. The molecule has 0 aliphatic rings. The van der Waals surface area contributed by atoms with Crippen LogP contribution in [-0.2, 0) is 0 Å². The van der Waals surface area contributed by atoms with Crippen LogP contribution in [0.5, 0.6) is 0 Å². The minimum atomic E-state index is 0.619. The summed E-state index contributed by atoms with van der Waals surface area (Å²) < 4.78 is 0. The van der Waals surface area contributed by atoms with Crippen LogP contribution in [0.15, 0.2) is 54.7 Å². The van der Waals surface area contributed by atoms with E-state index in [1.807, 2.05) is 60.8 Å². The molecule has 0 saturated heterocycles. The van der Waals surface area contributed by atoms with Crippen LogP contribution in [0, 0.1) is 11.3 Å². The Morgan fingerprint density at radius 2 is 2.00 bits per heavy atom. The number of nitriles is 1. The molecule has 0 bridgehead atoms. The predicted octanol–water partition coefficient (Wildman–Crippen LogP) is 3.81. The molecule has 0 aliphatic carbocycles. The third kappa shape index (κ3) is 2.15. The maximum absolute atomic E-state index is 9.42. The molecule has 2 aromatic carbocycles. The van der Waals surface area contributed by atoms with Gasteiger partial charge in [0.1, 0.15) is 0 Å². The maximum atomic E-state index is 9.42. The van der Waals surface area contributed by atoms with Gasteiger partial charge in [-0.05, 0) is 29.8 Å². The molecule has 3 N–H and O–H groups in total. The summed E-state index contributed by atoms with van der Waals surface area (Å²) in [6.45, 7) is 0. The summed E-state index contributed by atoms with van der Waals surface area (Å²) in [5.74, 6) is 0. The van der Waals surface area contributed by atoms with Gasteiger partial charge >= 0.3 is 0 Å². The molecule has 0 saturated carbocycles. The lowest BCUT2D eigenvalue weighted by atomic mass is 10.0. The Labute approximate surface area is 117 Å². The number of fused-ring (bicyclic) bond motifs is 1. The topological polar surface area (TPSA) is 65.6 Å². The number of para-hydroxylation sites is 1. The molecular formula is C17H13N3. The lowest BCUT2D eigenvalue weighted by Crippen LogP contribution is -1.85. The van der Waals surface area contributed by atoms with Crippen LogP contribution in [0.4, 0.5) is 5.69 Å². The summed E-state index contributed by atoms with van der Waals surface area (Å²) in [5, 5.41) is 10.5. The van der Waals surface area contributed by atoms with E-state index in [2.05, 4.69) is 11.1 Å². The number of anilines is 1. The standard InChI is InChI=1S/C17H13N3/c18-10-13(8-12-4-3-5-14(19)9-12)16-11-20-17-7-2-1-6-15(16)17/h1-9,11,20H,19H2/b13-8+. The Kier molecular flexibility index (Phi) is 2.98. The molecule has 96 valence electrons. The molecule has 3 heteroatoms. The van der Waals surface area contributed by atoms with Gasteiger partial charge in [-0.2, -0.15) is 5.26 Å². The van der Waals surface area contributed by atoms with Gasteiger partial charge in [0.25, 0.3) is 0 Å². The quantitative estimate of drug-likeness (QED) is 0.543. The first-order valence-corrected chi connectivity index (χ1v) is 6.32. The van der Waals surface area contributed by atoms with Crippen LogP contribution in [0.3, 0.4) is 0 Å². The average molecular weight is 259 g/mol. The summed E-state index contributed by atoms with van der Waals surface area (Å²) in [7, 11) is 0. The lowest BCUT2D eigenvalue weighted by Gasteiger charge is -1.99. The molecule has 1 heterocycles. The number of rotatable bonds is 2. The van der Waals surface area contributed by atoms with E-state index in [0.717, 1.165) is 22.0 Å². The highest BCUT2D eigenvalue weighted by Crippen LogP contribution is 2.26. The minimum Gasteiger partial charge on any atom is -0.399 e. The molecule has 0 fully saturated rings. The van der Waals surface area contributed by atoms with Gasteiger partial charge in [0.05, 0.1) is 11.6 Å². The van der Waals surface area contributed by atoms with E-state index in [9.17, 15) is 5.26 Å². The van der Waals surface area contributed by atoms with Crippen LogP contribution in [0.2, 0.25) is 0 Å². The number of hydrogen-bond donors (Lipinski definition) is 2. The largest absolute Gasteiger partial charge is 0.399 e. The van der Waals surface area contributed by atoms with Crippen molar-refractivity contribution < 1.29 is 0 Å². The van der Waals surface area contributed by atoms with Crippen LogP contribution >= 0.6 is 0 Å². The van der Waals surface area contributed by atoms with E-state index in [1.165, 1.54) is 0 Å². The molecule has 0 atom stereocenters. The summed E-state index contributed by atoms with van der Waals surface area (Å²) in [6.07, 6.45) is 3.72. The van der Waals surface area contributed by atoms with E-state index in [4.69, 9.17) is 5.73 Å². The third-order valence-electron chi connectivity index (χ3n) is 3.22. The van der Waals surface area contributed by atoms with Gasteiger partial charge in [0, 0.05) is 28.4 Å². The summed E-state index contributed by atoms with van der Waals surface area (Å²) in [5.41, 5.74) is 9.93. The second-order valence-corrected chi connectivity index (χ2v) is 4.59. The SMILES string of the molecule is N#C/C(=C\c1cccc(N)c1)c1c[nH]c2ccccc12. The highest BCUT2D eigenvalue weighted by molar-refractivity contribution is 6.01. The fourth-order valence-electron chi connectivity index (χ4n) is 2.28. The Hall–Kier alpha value is -2.99. The second-order valence-electron chi connectivity index (χ2n) is 4.59. The van der Waals surface area contributed by atoms with Gasteiger partial charge in [-0.25, -0.2) is 0 Å². The molecule has 3 nitrogen and oxygen atoms in total. The van der Waals surface area contributed by atoms with Crippen molar-refractivity contribution >= 4 is 28.2 Å². The molecule has 3 aromatic rings. The first kappa shape index (κ1) is 12.1. The van der Waals surface area contributed by atoms with Crippen LogP contribution in [0.1, 0.15) is 11.1 Å². The van der Waals surface area contributed by atoms with E-state index < -0.39 is 0 Å². The van der Waals surface area contributed by atoms with E-state index in [0.29, 0.717) is 11.3 Å². The Bertz CT molecular complexity index is 835. The minimum absolute atomic E-state index is 0.619. The average Bonchev–Trinajstić information content (AvgIpc) is 2.89. The van der Waals surface area contributed by atoms with Crippen molar-refractivity contribution in [2.24, 2.45) is 0 Å². The number of allylic oxidation sites excluding steroid dienone is 1. The van der Waals surface area contributed by atoms with E-state index >= 15 is 0 Å². The summed E-state index contributed by atoms with van der Waals surface area (Å²) in [6, 6.07) is 17.7. The van der Waals surface area contributed by atoms with Crippen molar-refractivity contribution in [3.8, 4) is 6.07 Å². The molecule has 0 radical (unpaired) electrons. The van der Waals surface area contributed by atoms with Crippen LogP contribution < -0.4 is 5.73 Å². The molecule has 20 heavy (non-hydrogen) atoms. The third-order valence-corrected chi connectivity index (χ3v) is 3.22. The lowest BCUT2D eigenvalue weighted by molar-refractivity contribution is 1.46. The van der Waals surface area contributed by atoms with Crippen molar-refractivity contribution in [2.75, 3.05) is 5.73 Å². The zero-order chi connectivity index (χ0) is 13.9. The van der Waals surface area contributed by atoms with Crippen molar-refractivity contribution in [1.29, 1.82) is 5.26 Å². The van der Waals surface area contributed by atoms with Gasteiger partial charge in [0.15, 0.2) is 0 Å². The second kappa shape index (κ2) is 4.94. The predicted molar refractivity (Wildman–Crippen MR) is 82.6 cm³/mol. The maximum Gasteiger partial charge on any atom is 0.0998 e. The van der Waals surface area contributed by atoms with Crippen molar-refractivity contribution in [3.63, 3.8) is 0 Å². The first-order valence-electron chi connectivity index (χ1n) is 6.32. The van der Waals surface area contributed by atoms with Gasteiger partial charge in [-0.15, -0.1) is 0 Å². The molecule has 0 amide bonds. The van der Waals surface area contributed by atoms with Gasteiger partial charge in [-0.1, -0.05) is 30.3 Å².